The number of aliphatic carboxylic acids is 1. The number of carboxylic acids is 1. The number of carboxylic acid groups (broad SMARTS) is 1. The van der Waals surface area contributed by atoms with Crippen LogP contribution in [-0.2, 0) is 9.59 Å². The predicted molar refractivity (Wildman–Crippen MR) is 73.0 cm³/mol. The van der Waals surface area contributed by atoms with Gasteiger partial charge in [0.1, 0.15) is 0 Å². The lowest BCUT2D eigenvalue weighted by Gasteiger charge is -2.33. The molecule has 0 aromatic carbocycles. The molecule has 0 radical (unpaired) electrons. The third kappa shape index (κ3) is 5.07. The van der Waals surface area contributed by atoms with E-state index < -0.39 is 17.5 Å². The molecule has 0 spiro atoms. The molecule has 1 rings (SSSR count). The standard InChI is InChI=1S/C13H23N3O4/c1-13(2,6-5-10(17)18)15-11(19)9-4-3-7-16(8-9)12(14)20/h9H,3-8H2,1-2H3,(H2,14,20)(H,15,19)(H,17,18). The molecule has 1 heterocycles. The summed E-state index contributed by atoms with van der Waals surface area (Å²) >= 11 is 0. The number of hydrogen-bond donors (Lipinski definition) is 3. The average molecular weight is 285 g/mol. The Balaban J connectivity index is 2.52. The van der Waals surface area contributed by atoms with Crippen LogP contribution in [0.1, 0.15) is 39.5 Å². The summed E-state index contributed by atoms with van der Waals surface area (Å²) in [5.74, 6) is -1.31. The van der Waals surface area contributed by atoms with Gasteiger partial charge in [-0.25, -0.2) is 4.79 Å². The fourth-order valence-corrected chi connectivity index (χ4v) is 2.31. The number of carbonyl (C=O) groups is 3. The van der Waals surface area contributed by atoms with Crippen LogP contribution < -0.4 is 11.1 Å². The minimum absolute atomic E-state index is 0.00532. The van der Waals surface area contributed by atoms with Gasteiger partial charge in [0.2, 0.25) is 5.91 Å². The van der Waals surface area contributed by atoms with Crippen molar-refractivity contribution in [2.75, 3.05) is 13.1 Å². The molecule has 3 amide bonds. The number of rotatable bonds is 5. The maximum atomic E-state index is 12.2. The van der Waals surface area contributed by atoms with Crippen LogP contribution in [-0.4, -0.2) is 46.5 Å². The number of piperidine rings is 1. The molecule has 7 nitrogen and oxygen atoms in total. The van der Waals surface area contributed by atoms with Crippen LogP contribution in [0.4, 0.5) is 4.79 Å². The Morgan fingerprint density at radius 1 is 1.40 bits per heavy atom. The Labute approximate surface area is 118 Å². The molecule has 0 bridgehead atoms. The SMILES string of the molecule is CC(C)(CCC(=O)O)NC(=O)C1CCCN(C(N)=O)C1. The summed E-state index contributed by atoms with van der Waals surface area (Å²) < 4.78 is 0. The molecule has 1 aliphatic heterocycles. The van der Waals surface area contributed by atoms with E-state index in [2.05, 4.69) is 5.32 Å². The maximum absolute atomic E-state index is 12.2. The van der Waals surface area contributed by atoms with Crippen molar-refractivity contribution >= 4 is 17.9 Å². The van der Waals surface area contributed by atoms with E-state index in [0.29, 0.717) is 25.9 Å². The molecule has 0 aromatic rings. The molecule has 1 saturated heterocycles. The second-order valence-electron chi connectivity index (χ2n) is 5.89. The van der Waals surface area contributed by atoms with Gasteiger partial charge in [-0.05, 0) is 33.1 Å². The zero-order valence-corrected chi connectivity index (χ0v) is 12.0. The highest BCUT2D eigenvalue weighted by Crippen LogP contribution is 2.19. The molecule has 0 aromatic heterocycles. The van der Waals surface area contributed by atoms with Crippen molar-refractivity contribution in [1.29, 1.82) is 0 Å². The molecule has 0 aliphatic carbocycles. The van der Waals surface area contributed by atoms with E-state index in [-0.39, 0.29) is 18.2 Å². The van der Waals surface area contributed by atoms with E-state index >= 15 is 0 Å². The molecule has 1 aliphatic rings. The number of carbonyl (C=O) groups excluding carboxylic acids is 2. The van der Waals surface area contributed by atoms with Crippen LogP contribution in [0.3, 0.4) is 0 Å². The van der Waals surface area contributed by atoms with Crippen LogP contribution in [0.2, 0.25) is 0 Å². The van der Waals surface area contributed by atoms with Gasteiger partial charge in [-0.3, -0.25) is 9.59 Å². The van der Waals surface area contributed by atoms with Gasteiger partial charge in [0.15, 0.2) is 0 Å². The Hall–Kier alpha value is -1.79. The van der Waals surface area contributed by atoms with Crippen LogP contribution >= 0.6 is 0 Å². The van der Waals surface area contributed by atoms with Gasteiger partial charge in [0.25, 0.3) is 0 Å². The highest BCUT2D eigenvalue weighted by Gasteiger charge is 2.30. The number of nitrogens with zero attached hydrogens (tertiary/aromatic N) is 1. The van der Waals surface area contributed by atoms with Crippen LogP contribution in [0.15, 0.2) is 0 Å². The normalized spacial score (nSPS) is 19.5. The Morgan fingerprint density at radius 2 is 2.05 bits per heavy atom. The summed E-state index contributed by atoms with van der Waals surface area (Å²) in [4.78, 5) is 35.4. The molecular formula is C13H23N3O4. The summed E-state index contributed by atoms with van der Waals surface area (Å²) in [6, 6.07) is -0.507. The smallest absolute Gasteiger partial charge is 0.314 e. The predicted octanol–water partition coefficient (Wildman–Crippen LogP) is 0.537. The van der Waals surface area contributed by atoms with Crippen molar-refractivity contribution in [3.8, 4) is 0 Å². The lowest BCUT2D eigenvalue weighted by Crippen LogP contribution is -2.51. The largest absolute Gasteiger partial charge is 0.481 e. The second-order valence-corrected chi connectivity index (χ2v) is 5.89. The first kappa shape index (κ1) is 16.3. The van der Waals surface area contributed by atoms with Crippen molar-refractivity contribution in [3.63, 3.8) is 0 Å². The Morgan fingerprint density at radius 3 is 2.60 bits per heavy atom. The maximum Gasteiger partial charge on any atom is 0.314 e. The Bertz CT molecular complexity index is 395. The summed E-state index contributed by atoms with van der Waals surface area (Å²) in [6.07, 6.45) is 1.83. The van der Waals surface area contributed by atoms with Gasteiger partial charge in [-0.15, -0.1) is 0 Å². The summed E-state index contributed by atoms with van der Waals surface area (Å²) in [5, 5.41) is 11.5. The molecule has 20 heavy (non-hydrogen) atoms. The first-order chi connectivity index (χ1) is 9.21. The first-order valence-corrected chi connectivity index (χ1v) is 6.79. The van der Waals surface area contributed by atoms with E-state index in [4.69, 9.17) is 10.8 Å². The summed E-state index contributed by atoms with van der Waals surface area (Å²) in [7, 11) is 0. The first-order valence-electron chi connectivity index (χ1n) is 6.79. The highest BCUT2D eigenvalue weighted by atomic mass is 16.4. The van der Waals surface area contributed by atoms with E-state index in [9.17, 15) is 14.4 Å². The molecule has 4 N–H and O–H groups in total. The van der Waals surface area contributed by atoms with Gasteiger partial charge in [0.05, 0.1) is 5.92 Å². The van der Waals surface area contributed by atoms with Crippen LogP contribution in [0.5, 0.6) is 0 Å². The second kappa shape index (κ2) is 6.58. The van der Waals surface area contributed by atoms with E-state index in [1.54, 1.807) is 13.8 Å². The summed E-state index contributed by atoms with van der Waals surface area (Å²) in [6.45, 7) is 4.50. The number of hydrogen-bond acceptors (Lipinski definition) is 3. The minimum atomic E-state index is -0.884. The lowest BCUT2D eigenvalue weighted by molar-refractivity contribution is -0.138. The van der Waals surface area contributed by atoms with Gasteiger partial charge in [0, 0.05) is 25.0 Å². The van der Waals surface area contributed by atoms with Crippen molar-refractivity contribution in [2.24, 2.45) is 11.7 Å². The fraction of sp³-hybridized carbons (Fsp3) is 0.769. The van der Waals surface area contributed by atoms with Crippen molar-refractivity contribution in [1.82, 2.24) is 10.2 Å². The molecule has 0 saturated carbocycles. The third-order valence-electron chi connectivity index (χ3n) is 3.53. The number of likely N-dealkylation sites (tertiary alicyclic amines) is 1. The van der Waals surface area contributed by atoms with Gasteiger partial charge in [-0.2, -0.15) is 0 Å². The zero-order valence-electron chi connectivity index (χ0n) is 12.0. The molecular weight excluding hydrogens is 262 g/mol. The summed E-state index contributed by atoms with van der Waals surface area (Å²) in [5.41, 5.74) is 4.65. The molecule has 114 valence electrons. The third-order valence-corrected chi connectivity index (χ3v) is 3.53. The number of urea groups is 1. The van der Waals surface area contributed by atoms with E-state index in [0.717, 1.165) is 6.42 Å². The van der Waals surface area contributed by atoms with E-state index in [1.807, 2.05) is 0 Å². The molecule has 7 heteroatoms. The van der Waals surface area contributed by atoms with Crippen molar-refractivity contribution in [3.05, 3.63) is 0 Å². The zero-order chi connectivity index (χ0) is 15.3. The Kier molecular flexibility index (Phi) is 5.35. The van der Waals surface area contributed by atoms with Crippen molar-refractivity contribution < 1.29 is 19.5 Å². The van der Waals surface area contributed by atoms with Gasteiger partial charge in [-0.1, -0.05) is 0 Å². The topological polar surface area (TPSA) is 113 Å². The monoisotopic (exact) mass is 285 g/mol. The van der Waals surface area contributed by atoms with E-state index in [1.165, 1.54) is 4.90 Å². The molecule has 1 atom stereocenters. The average Bonchev–Trinajstić information content (AvgIpc) is 2.36. The minimum Gasteiger partial charge on any atom is -0.481 e. The highest BCUT2D eigenvalue weighted by molar-refractivity contribution is 5.81. The van der Waals surface area contributed by atoms with Crippen molar-refractivity contribution in [2.45, 2.75) is 45.1 Å². The fourth-order valence-electron chi connectivity index (χ4n) is 2.31. The number of primary amides is 1. The van der Waals surface area contributed by atoms with Gasteiger partial charge < -0.3 is 21.1 Å². The number of nitrogens with two attached hydrogens (primary N) is 1. The lowest BCUT2D eigenvalue weighted by atomic mass is 9.93. The van der Waals surface area contributed by atoms with Gasteiger partial charge >= 0.3 is 12.0 Å². The quantitative estimate of drug-likeness (QED) is 0.684. The number of amides is 3. The van der Waals surface area contributed by atoms with Crippen LogP contribution in [0.25, 0.3) is 0 Å². The molecule has 1 unspecified atom stereocenters. The number of nitrogens with one attached hydrogen (secondary N) is 1. The molecule has 1 fully saturated rings. The van der Waals surface area contributed by atoms with Crippen LogP contribution in [0, 0.1) is 5.92 Å².